The zero-order valence-electron chi connectivity index (χ0n) is 10.3. The van der Waals surface area contributed by atoms with Crippen LogP contribution in [0.15, 0.2) is 12.1 Å². The van der Waals surface area contributed by atoms with Gasteiger partial charge in [0.1, 0.15) is 5.52 Å². The number of pyridine rings is 1. The first-order valence-corrected chi connectivity index (χ1v) is 6.28. The summed E-state index contributed by atoms with van der Waals surface area (Å²) in [4.78, 5) is 9.01. The average Bonchev–Trinajstić information content (AvgIpc) is 2.81. The van der Waals surface area contributed by atoms with E-state index in [1.165, 1.54) is 19.3 Å². The summed E-state index contributed by atoms with van der Waals surface area (Å²) in [5, 5.41) is 0. The lowest BCUT2D eigenvalue weighted by atomic mass is 10.1. The molecule has 4 nitrogen and oxygen atoms in total. The third-order valence-electron chi connectivity index (χ3n) is 3.85. The first-order valence-electron chi connectivity index (χ1n) is 6.28. The zero-order valence-corrected chi connectivity index (χ0v) is 10.3. The summed E-state index contributed by atoms with van der Waals surface area (Å²) in [6.45, 7) is 4.30. The van der Waals surface area contributed by atoms with E-state index in [0.29, 0.717) is 17.9 Å². The number of fused-ring (bicyclic) bond motifs is 1. The molecule has 0 spiro atoms. The zero-order chi connectivity index (χ0) is 12.0. The van der Waals surface area contributed by atoms with E-state index in [1.807, 2.05) is 19.1 Å². The SMILES string of the molecule is Cc1ccc2nc(N)n(C3CCCC3C)c2n1. The van der Waals surface area contributed by atoms with Crippen molar-refractivity contribution in [3.63, 3.8) is 0 Å². The van der Waals surface area contributed by atoms with Crippen LogP contribution in [0.2, 0.25) is 0 Å². The Morgan fingerprint density at radius 1 is 1.29 bits per heavy atom. The molecule has 0 saturated heterocycles. The van der Waals surface area contributed by atoms with Gasteiger partial charge in [0, 0.05) is 11.7 Å². The van der Waals surface area contributed by atoms with Crippen molar-refractivity contribution in [3.05, 3.63) is 17.8 Å². The Bertz CT molecular complexity index is 558. The molecule has 2 aromatic heterocycles. The lowest BCUT2D eigenvalue weighted by molar-refractivity contribution is 0.419. The molecule has 0 aliphatic heterocycles. The van der Waals surface area contributed by atoms with Crippen LogP contribution in [-0.2, 0) is 0 Å². The van der Waals surface area contributed by atoms with Crippen molar-refractivity contribution >= 4 is 17.1 Å². The second-order valence-electron chi connectivity index (χ2n) is 5.11. The van der Waals surface area contributed by atoms with E-state index < -0.39 is 0 Å². The average molecular weight is 230 g/mol. The van der Waals surface area contributed by atoms with Gasteiger partial charge in [0.25, 0.3) is 0 Å². The number of hydrogen-bond acceptors (Lipinski definition) is 3. The molecule has 4 heteroatoms. The van der Waals surface area contributed by atoms with Gasteiger partial charge in [0.15, 0.2) is 5.65 Å². The molecule has 2 unspecified atom stereocenters. The van der Waals surface area contributed by atoms with Crippen LogP contribution in [0.4, 0.5) is 5.95 Å². The van der Waals surface area contributed by atoms with Crippen molar-refractivity contribution in [2.75, 3.05) is 5.73 Å². The van der Waals surface area contributed by atoms with Crippen LogP contribution in [0.5, 0.6) is 0 Å². The molecule has 0 bridgehead atoms. The summed E-state index contributed by atoms with van der Waals surface area (Å²) in [5.74, 6) is 1.27. The van der Waals surface area contributed by atoms with Crippen LogP contribution >= 0.6 is 0 Å². The number of nitrogen functional groups attached to an aromatic ring is 1. The fourth-order valence-corrected chi connectivity index (χ4v) is 2.92. The van der Waals surface area contributed by atoms with Gasteiger partial charge in [-0.1, -0.05) is 13.3 Å². The van der Waals surface area contributed by atoms with E-state index >= 15 is 0 Å². The molecular formula is C13H18N4. The van der Waals surface area contributed by atoms with E-state index in [-0.39, 0.29) is 0 Å². The third kappa shape index (κ3) is 1.59. The number of hydrogen-bond donors (Lipinski definition) is 1. The highest BCUT2D eigenvalue weighted by Gasteiger charge is 2.28. The number of nitrogens with zero attached hydrogens (tertiary/aromatic N) is 3. The van der Waals surface area contributed by atoms with Gasteiger partial charge in [0.05, 0.1) is 0 Å². The van der Waals surface area contributed by atoms with Crippen molar-refractivity contribution in [2.24, 2.45) is 5.92 Å². The molecule has 1 fully saturated rings. The third-order valence-corrected chi connectivity index (χ3v) is 3.85. The van der Waals surface area contributed by atoms with Crippen molar-refractivity contribution in [1.82, 2.24) is 14.5 Å². The van der Waals surface area contributed by atoms with Crippen LogP contribution in [-0.4, -0.2) is 14.5 Å². The molecule has 2 N–H and O–H groups in total. The first kappa shape index (κ1) is 10.6. The Balaban J connectivity index is 2.20. The normalized spacial score (nSPS) is 24.6. The van der Waals surface area contributed by atoms with Gasteiger partial charge in [-0.3, -0.25) is 4.57 Å². The fourth-order valence-electron chi connectivity index (χ4n) is 2.92. The summed E-state index contributed by atoms with van der Waals surface area (Å²) in [7, 11) is 0. The van der Waals surface area contributed by atoms with Crippen molar-refractivity contribution in [1.29, 1.82) is 0 Å². The second kappa shape index (κ2) is 3.72. The number of imidazole rings is 1. The van der Waals surface area contributed by atoms with E-state index in [1.54, 1.807) is 0 Å². The maximum atomic E-state index is 6.06. The lowest BCUT2D eigenvalue weighted by Crippen LogP contribution is -2.14. The molecule has 17 heavy (non-hydrogen) atoms. The molecular weight excluding hydrogens is 212 g/mol. The largest absolute Gasteiger partial charge is 0.369 e. The number of nitrogens with two attached hydrogens (primary N) is 1. The number of rotatable bonds is 1. The highest BCUT2D eigenvalue weighted by atomic mass is 15.2. The second-order valence-corrected chi connectivity index (χ2v) is 5.11. The Labute approximate surface area is 101 Å². The van der Waals surface area contributed by atoms with Gasteiger partial charge in [-0.25, -0.2) is 9.97 Å². The molecule has 90 valence electrons. The Kier molecular flexibility index (Phi) is 2.31. The summed E-state index contributed by atoms with van der Waals surface area (Å²) >= 11 is 0. The Morgan fingerprint density at radius 2 is 2.12 bits per heavy atom. The van der Waals surface area contributed by atoms with Crippen LogP contribution in [0, 0.1) is 12.8 Å². The smallest absolute Gasteiger partial charge is 0.202 e. The van der Waals surface area contributed by atoms with Crippen LogP contribution in [0.3, 0.4) is 0 Å². The summed E-state index contributed by atoms with van der Waals surface area (Å²) in [5.41, 5.74) is 8.93. The lowest BCUT2D eigenvalue weighted by Gasteiger charge is -2.18. The van der Waals surface area contributed by atoms with Gasteiger partial charge in [0.2, 0.25) is 5.95 Å². The van der Waals surface area contributed by atoms with E-state index in [2.05, 4.69) is 21.5 Å². The van der Waals surface area contributed by atoms with Gasteiger partial charge in [-0.15, -0.1) is 0 Å². The molecule has 2 heterocycles. The maximum absolute atomic E-state index is 6.06. The molecule has 0 amide bonds. The molecule has 1 aliphatic carbocycles. The molecule has 1 aliphatic rings. The molecule has 0 aromatic carbocycles. The van der Waals surface area contributed by atoms with Crippen molar-refractivity contribution in [2.45, 2.75) is 39.2 Å². The molecule has 0 radical (unpaired) electrons. The maximum Gasteiger partial charge on any atom is 0.202 e. The van der Waals surface area contributed by atoms with Crippen LogP contribution in [0.1, 0.15) is 37.9 Å². The molecule has 2 atom stereocenters. The van der Waals surface area contributed by atoms with E-state index in [0.717, 1.165) is 16.9 Å². The molecule has 1 saturated carbocycles. The van der Waals surface area contributed by atoms with Gasteiger partial charge < -0.3 is 5.73 Å². The fraction of sp³-hybridized carbons (Fsp3) is 0.538. The number of anilines is 1. The summed E-state index contributed by atoms with van der Waals surface area (Å²) in [6, 6.07) is 4.45. The van der Waals surface area contributed by atoms with Crippen molar-refractivity contribution in [3.8, 4) is 0 Å². The topological polar surface area (TPSA) is 56.7 Å². The highest BCUT2D eigenvalue weighted by molar-refractivity contribution is 5.74. The summed E-state index contributed by atoms with van der Waals surface area (Å²) < 4.78 is 2.14. The molecule has 3 rings (SSSR count). The predicted molar refractivity (Wildman–Crippen MR) is 68.7 cm³/mol. The van der Waals surface area contributed by atoms with Gasteiger partial charge in [-0.2, -0.15) is 0 Å². The van der Waals surface area contributed by atoms with E-state index in [4.69, 9.17) is 5.73 Å². The quantitative estimate of drug-likeness (QED) is 0.819. The minimum absolute atomic E-state index is 0.467. The van der Waals surface area contributed by atoms with Gasteiger partial charge >= 0.3 is 0 Å². The number of aryl methyl sites for hydroxylation is 1. The van der Waals surface area contributed by atoms with Gasteiger partial charge in [-0.05, 0) is 37.8 Å². The monoisotopic (exact) mass is 230 g/mol. The Morgan fingerprint density at radius 3 is 2.82 bits per heavy atom. The van der Waals surface area contributed by atoms with Crippen LogP contribution in [0.25, 0.3) is 11.2 Å². The minimum atomic E-state index is 0.467. The first-order chi connectivity index (χ1) is 8.16. The standard InChI is InChI=1S/C13H18N4/c1-8-4-3-5-11(8)17-12-10(16-13(17)14)7-6-9(2)15-12/h6-8,11H,3-5H2,1-2H3,(H2,14,16). The minimum Gasteiger partial charge on any atom is -0.369 e. The summed E-state index contributed by atoms with van der Waals surface area (Å²) in [6.07, 6.45) is 3.73. The molecule has 2 aromatic rings. The predicted octanol–water partition coefficient (Wildman–Crippen LogP) is 2.68. The van der Waals surface area contributed by atoms with Crippen molar-refractivity contribution < 1.29 is 0 Å². The van der Waals surface area contributed by atoms with E-state index in [9.17, 15) is 0 Å². The number of aromatic nitrogens is 3. The Hall–Kier alpha value is -1.58. The van der Waals surface area contributed by atoms with Crippen LogP contribution < -0.4 is 5.73 Å². The highest BCUT2D eigenvalue weighted by Crippen LogP contribution is 2.38.